The zero-order chi connectivity index (χ0) is 13.8. The zero-order valence-electron chi connectivity index (χ0n) is 11.2. The molecule has 1 aliphatic heterocycles. The molecule has 0 spiro atoms. The van der Waals surface area contributed by atoms with E-state index in [9.17, 15) is 9.59 Å². The summed E-state index contributed by atoms with van der Waals surface area (Å²) in [5.41, 5.74) is 3.26. The van der Waals surface area contributed by atoms with Gasteiger partial charge in [-0.3, -0.25) is 9.59 Å². The molecule has 1 aromatic carbocycles. The summed E-state index contributed by atoms with van der Waals surface area (Å²) in [5, 5.41) is 3.02. The van der Waals surface area contributed by atoms with Crippen LogP contribution in [0.5, 0.6) is 0 Å². The van der Waals surface area contributed by atoms with Crippen LogP contribution >= 0.6 is 0 Å². The van der Waals surface area contributed by atoms with Crippen molar-refractivity contribution in [2.45, 2.75) is 19.4 Å². The molecule has 102 valence electrons. The Labute approximate surface area is 112 Å². The number of anilines is 1. The number of carbonyl (C=O) groups is 2. The highest BCUT2D eigenvalue weighted by Gasteiger charge is 2.20. The first-order valence-corrected chi connectivity index (χ1v) is 6.27. The fraction of sp³-hybridized carbons (Fsp3) is 0.429. The lowest BCUT2D eigenvalue weighted by Crippen LogP contribution is -2.31. The molecular formula is C14H18N2O3. The first-order valence-electron chi connectivity index (χ1n) is 6.27. The Morgan fingerprint density at radius 1 is 1.42 bits per heavy atom. The quantitative estimate of drug-likeness (QED) is 0.818. The number of nitrogens with zero attached hydrogens (tertiary/aromatic N) is 1. The van der Waals surface area contributed by atoms with Gasteiger partial charge >= 0.3 is 5.97 Å². The standard InChI is InChI=1S/C14H18N2O3/c1-16-12-5-3-10(8-15-9-14(18)19-2)7-11(12)4-6-13(16)17/h3,5,7,15H,4,6,8-9H2,1-2H3. The Balaban J connectivity index is 2.01. The molecule has 0 fully saturated rings. The van der Waals surface area contributed by atoms with Crippen LogP contribution in [0.25, 0.3) is 0 Å². The molecule has 0 saturated heterocycles. The van der Waals surface area contributed by atoms with Gasteiger partial charge in [-0.1, -0.05) is 12.1 Å². The number of aryl methyl sites for hydroxylation is 1. The molecule has 19 heavy (non-hydrogen) atoms. The molecule has 1 amide bonds. The number of fused-ring (bicyclic) bond motifs is 1. The minimum Gasteiger partial charge on any atom is -0.468 e. The van der Waals surface area contributed by atoms with Crippen molar-refractivity contribution in [3.63, 3.8) is 0 Å². The lowest BCUT2D eigenvalue weighted by atomic mass is 9.99. The summed E-state index contributed by atoms with van der Waals surface area (Å²) in [6.45, 7) is 0.812. The highest BCUT2D eigenvalue weighted by Crippen LogP contribution is 2.27. The molecule has 2 rings (SSSR count). The maximum atomic E-state index is 11.6. The summed E-state index contributed by atoms with van der Waals surface area (Å²) >= 11 is 0. The minimum atomic E-state index is -0.275. The Morgan fingerprint density at radius 3 is 2.95 bits per heavy atom. The third kappa shape index (κ3) is 3.12. The number of amides is 1. The zero-order valence-corrected chi connectivity index (χ0v) is 11.2. The molecule has 1 N–H and O–H groups in total. The van der Waals surface area contributed by atoms with Crippen LogP contribution in [0.1, 0.15) is 17.5 Å². The molecule has 0 aliphatic carbocycles. The molecule has 0 radical (unpaired) electrons. The Kier molecular flexibility index (Phi) is 4.16. The van der Waals surface area contributed by atoms with Gasteiger partial charge in [0.15, 0.2) is 0 Å². The largest absolute Gasteiger partial charge is 0.468 e. The average Bonchev–Trinajstić information content (AvgIpc) is 2.43. The summed E-state index contributed by atoms with van der Waals surface area (Å²) in [4.78, 5) is 24.3. The van der Waals surface area contributed by atoms with E-state index >= 15 is 0 Å². The molecule has 0 atom stereocenters. The van der Waals surface area contributed by atoms with Crippen molar-refractivity contribution in [2.24, 2.45) is 0 Å². The number of hydrogen-bond donors (Lipinski definition) is 1. The lowest BCUT2D eigenvalue weighted by molar-refractivity contribution is -0.139. The minimum absolute atomic E-state index is 0.157. The van der Waals surface area contributed by atoms with E-state index in [1.807, 2.05) is 12.1 Å². The van der Waals surface area contributed by atoms with Gasteiger partial charge in [0.25, 0.3) is 0 Å². The van der Waals surface area contributed by atoms with Crippen molar-refractivity contribution >= 4 is 17.6 Å². The Morgan fingerprint density at radius 2 is 2.21 bits per heavy atom. The molecule has 1 aromatic rings. The van der Waals surface area contributed by atoms with E-state index in [1.165, 1.54) is 12.7 Å². The predicted molar refractivity (Wildman–Crippen MR) is 71.9 cm³/mol. The first kappa shape index (κ1) is 13.5. The second kappa shape index (κ2) is 5.84. The van der Waals surface area contributed by atoms with Gasteiger partial charge in [-0.05, 0) is 23.6 Å². The van der Waals surface area contributed by atoms with Crippen LogP contribution in [0.2, 0.25) is 0 Å². The maximum absolute atomic E-state index is 11.6. The number of benzene rings is 1. The number of methoxy groups -OCH3 is 1. The molecule has 5 nitrogen and oxygen atoms in total. The van der Waals surface area contributed by atoms with Gasteiger partial charge in [0.1, 0.15) is 0 Å². The van der Waals surface area contributed by atoms with Gasteiger partial charge in [0, 0.05) is 25.7 Å². The molecule has 0 saturated carbocycles. The van der Waals surface area contributed by atoms with E-state index < -0.39 is 0 Å². The molecule has 0 unspecified atom stereocenters. The van der Waals surface area contributed by atoms with Crippen molar-refractivity contribution in [2.75, 3.05) is 25.6 Å². The molecule has 1 aliphatic rings. The normalized spacial score (nSPS) is 14.2. The van der Waals surface area contributed by atoms with Crippen LogP contribution in [-0.2, 0) is 27.3 Å². The number of hydrogen-bond acceptors (Lipinski definition) is 4. The number of esters is 1. The van der Waals surface area contributed by atoms with Crippen LogP contribution < -0.4 is 10.2 Å². The van der Waals surface area contributed by atoms with Crippen LogP contribution in [0, 0.1) is 0 Å². The molecule has 0 aromatic heterocycles. The van der Waals surface area contributed by atoms with E-state index in [2.05, 4.69) is 16.1 Å². The van der Waals surface area contributed by atoms with Gasteiger partial charge in [0.05, 0.1) is 13.7 Å². The second-order valence-electron chi connectivity index (χ2n) is 4.60. The van der Waals surface area contributed by atoms with Crippen molar-refractivity contribution in [1.82, 2.24) is 5.32 Å². The maximum Gasteiger partial charge on any atom is 0.319 e. The highest BCUT2D eigenvalue weighted by molar-refractivity contribution is 5.95. The molecule has 5 heteroatoms. The number of nitrogens with one attached hydrogen (secondary N) is 1. The van der Waals surface area contributed by atoms with Gasteiger partial charge < -0.3 is 15.0 Å². The fourth-order valence-electron chi connectivity index (χ4n) is 2.20. The average molecular weight is 262 g/mol. The lowest BCUT2D eigenvalue weighted by Gasteiger charge is -2.26. The third-order valence-corrected chi connectivity index (χ3v) is 3.31. The topological polar surface area (TPSA) is 58.6 Å². The van der Waals surface area contributed by atoms with Crippen LogP contribution in [0.15, 0.2) is 18.2 Å². The van der Waals surface area contributed by atoms with Gasteiger partial charge in [-0.15, -0.1) is 0 Å². The van der Waals surface area contributed by atoms with E-state index in [-0.39, 0.29) is 18.4 Å². The molecular weight excluding hydrogens is 244 g/mol. The SMILES string of the molecule is COC(=O)CNCc1ccc2c(c1)CCC(=O)N2C. The molecule has 0 bridgehead atoms. The van der Waals surface area contributed by atoms with E-state index in [4.69, 9.17) is 0 Å². The van der Waals surface area contributed by atoms with E-state index in [1.54, 1.807) is 11.9 Å². The molecule has 1 heterocycles. The van der Waals surface area contributed by atoms with Crippen LogP contribution in [0.3, 0.4) is 0 Å². The summed E-state index contributed by atoms with van der Waals surface area (Å²) in [6.07, 6.45) is 1.34. The summed E-state index contributed by atoms with van der Waals surface area (Å²) in [5.74, 6) is -0.118. The number of ether oxygens (including phenoxy) is 1. The van der Waals surface area contributed by atoms with Crippen molar-refractivity contribution in [3.05, 3.63) is 29.3 Å². The Hall–Kier alpha value is -1.88. The second-order valence-corrected chi connectivity index (χ2v) is 4.60. The summed E-state index contributed by atoms with van der Waals surface area (Å²) < 4.78 is 4.56. The van der Waals surface area contributed by atoms with Crippen molar-refractivity contribution < 1.29 is 14.3 Å². The summed E-state index contributed by atoms with van der Waals surface area (Å²) in [6, 6.07) is 6.02. The van der Waals surface area contributed by atoms with Gasteiger partial charge in [0.2, 0.25) is 5.91 Å². The first-order chi connectivity index (χ1) is 9.11. The van der Waals surface area contributed by atoms with Gasteiger partial charge in [-0.25, -0.2) is 0 Å². The number of carbonyl (C=O) groups excluding carboxylic acids is 2. The third-order valence-electron chi connectivity index (χ3n) is 3.31. The van der Waals surface area contributed by atoms with Gasteiger partial charge in [-0.2, -0.15) is 0 Å². The van der Waals surface area contributed by atoms with Crippen molar-refractivity contribution in [3.8, 4) is 0 Å². The smallest absolute Gasteiger partial charge is 0.319 e. The predicted octanol–water partition coefficient (Wildman–Crippen LogP) is 0.858. The van der Waals surface area contributed by atoms with Crippen molar-refractivity contribution in [1.29, 1.82) is 0 Å². The van der Waals surface area contributed by atoms with Crippen LogP contribution in [-0.4, -0.2) is 32.6 Å². The number of rotatable bonds is 4. The van der Waals surface area contributed by atoms with Crippen LogP contribution in [0.4, 0.5) is 5.69 Å². The highest BCUT2D eigenvalue weighted by atomic mass is 16.5. The summed E-state index contributed by atoms with van der Waals surface area (Å²) in [7, 11) is 3.17. The fourth-order valence-corrected chi connectivity index (χ4v) is 2.20. The van der Waals surface area contributed by atoms with E-state index in [0.29, 0.717) is 13.0 Å². The van der Waals surface area contributed by atoms with E-state index in [0.717, 1.165) is 17.7 Å². The monoisotopic (exact) mass is 262 g/mol. The Bertz CT molecular complexity index is 499.